The van der Waals surface area contributed by atoms with Gasteiger partial charge in [-0.3, -0.25) is 0 Å². The van der Waals surface area contributed by atoms with Gasteiger partial charge in [-0.05, 0) is 56.8 Å². The Morgan fingerprint density at radius 3 is 2.53 bits per heavy atom. The number of hydrogen-bond donors (Lipinski definition) is 1. The van der Waals surface area contributed by atoms with E-state index in [1.165, 1.54) is 64.0 Å². The Bertz CT molecular complexity index is 330. The predicted molar refractivity (Wildman–Crippen MR) is 83.8 cm³/mol. The maximum absolute atomic E-state index is 3.45. The zero-order chi connectivity index (χ0) is 13.3. The van der Waals surface area contributed by atoms with Crippen molar-refractivity contribution in [3.63, 3.8) is 0 Å². The van der Waals surface area contributed by atoms with Crippen molar-refractivity contribution in [2.24, 2.45) is 5.92 Å². The number of rotatable bonds is 7. The van der Waals surface area contributed by atoms with Gasteiger partial charge < -0.3 is 10.2 Å². The number of nitrogens with one attached hydrogen (secondary N) is 1. The van der Waals surface area contributed by atoms with Crippen LogP contribution in [0.5, 0.6) is 0 Å². The average molecular weight is 260 g/mol. The third kappa shape index (κ3) is 4.87. The highest BCUT2D eigenvalue weighted by Gasteiger charge is 2.14. The molecule has 2 nitrogen and oxygen atoms in total. The van der Waals surface area contributed by atoms with Crippen LogP contribution in [-0.4, -0.2) is 26.2 Å². The van der Waals surface area contributed by atoms with Gasteiger partial charge in [-0.2, -0.15) is 0 Å². The van der Waals surface area contributed by atoms with Crippen molar-refractivity contribution in [3.8, 4) is 0 Å². The third-order valence-corrected chi connectivity index (χ3v) is 4.17. The number of anilines is 1. The zero-order valence-electron chi connectivity index (χ0n) is 12.3. The lowest BCUT2D eigenvalue weighted by Gasteiger charge is -2.29. The molecular weight excluding hydrogens is 232 g/mol. The molecule has 0 radical (unpaired) electrons. The fraction of sp³-hybridized carbons (Fsp3) is 0.647. The van der Waals surface area contributed by atoms with Crippen LogP contribution in [0.2, 0.25) is 0 Å². The number of benzene rings is 1. The zero-order valence-corrected chi connectivity index (χ0v) is 12.3. The Morgan fingerprint density at radius 2 is 1.84 bits per heavy atom. The first kappa shape index (κ1) is 14.4. The second-order valence-electron chi connectivity index (χ2n) is 5.66. The molecule has 1 N–H and O–H groups in total. The molecule has 1 heterocycles. The summed E-state index contributed by atoms with van der Waals surface area (Å²) in [6.07, 6.45) is 6.63. The van der Waals surface area contributed by atoms with Gasteiger partial charge in [0.2, 0.25) is 0 Å². The van der Waals surface area contributed by atoms with Crippen LogP contribution in [-0.2, 0) is 0 Å². The van der Waals surface area contributed by atoms with Crippen molar-refractivity contribution in [1.29, 1.82) is 0 Å². The summed E-state index contributed by atoms with van der Waals surface area (Å²) in [6, 6.07) is 10.9. The molecule has 2 rings (SSSR count). The first-order valence-corrected chi connectivity index (χ1v) is 7.91. The van der Waals surface area contributed by atoms with Gasteiger partial charge in [0, 0.05) is 18.8 Å². The van der Waals surface area contributed by atoms with Gasteiger partial charge in [0.25, 0.3) is 0 Å². The summed E-state index contributed by atoms with van der Waals surface area (Å²) in [4.78, 5) is 2.57. The molecule has 0 saturated carbocycles. The van der Waals surface area contributed by atoms with Crippen LogP contribution < -0.4 is 10.2 Å². The highest BCUT2D eigenvalue weighted by atomic mass is 15.1. The van der Waals surface area contributed by atoms with E-state index in [1.807, 2.05) is 0 Å². The molecule has 1 aliphatic heterocycles. The predicted octanol–water partition coefficient (Wildman–Crippen LogP) is 3.68. The van der Waals surface area contributed by atoms with E-state index in [2.05, 4.69) is 47.5 Å². The molecule has 0 atom stereocenters. The Morgan fingerprint density at radius 1 is 1.11 bits per heavy atom. The Labute approximate surface area is 118 Å². The smallest absolute Gasteiger partial charge is 0.0366 e. The van der Waals surface area contributed by atoms with Crippen molar-refractivity contribution in [2.75, 3.05) is 31.1 Å². The van der Waals surface area contributed by atoms with Crippen LogP contribution in [0, 0.1) is 5.92 Å². The molecule has 1 fully saturated rings. The quantitative estimate of drug-likeness (QED) is 0.804. The monoisotopic (exact) mass is 260 g/mol. The Hall–Kier alpha value is -1.02. The largest absolute Gasteiger partial charge is 0.372 e. The van der Waals surface area contributed by atoms with Gasteiger partial charge >= 0.3 is 0 Å². The number of hydrogen-bond acceptors (Lipinski definition) is 2. The maximum atomic E-state index is 3.45. The fourth-order valence-corrected chi connectivity index (χ4v) is 2.87. The van der Waals surface area contributed by atoms with Gasteiger partial charge in [-0.15, -0.1) is 0 Å². The molecule has 1 aromatic carbocycles. The van der Waals surface area contributed by atoms with E-state index in [9.17, 15) is 0 Å². The van der Waals surface area contributed by atoms with E-state index in [4.69, 9.17) is 0 Å². The SMILES string of the molecule is CCCCN(CCC1CCNCC1)c1ccccc1. The highest BCUT2D eigenvalue weighted by molar-refractivity contribution is 5.45. The summed E-state index contributed by atoms with van der Waals surface area (Å²) in [5, 5.41) is 3.45. The number of piperidine rings is 1. The molecule has 1 aromatic rings. The molecule has 0 aliphatic carbocycles. The van der Waals surface area contributed by atoms with Gasteiger partial charge in [-0.25, -0.2) is 0 Å². The van der Waals surface area contributed by atoms with E-state index in [0.29, 0.717) is 0 Å². The number of unbranched alkanes of at least 4 members (excludes halogenated alkanes) is 1. The molecule has 1 aliphatic rings. The van der Waals surface area contributed by atoms with E-state index in [0.717, 1.165) is 5.92 Å². The van der Waals surface area contributed by atoms with Crippen molar-refractivity contribution in [1.82, 2.24) is 5.32 Å². The molecule has 0 bridgehead atoms. The van der Waals surface area contributed by atoms with Gasteiger partial charge in [0.05, 0.1) is 0 Å². The van der Waals surface area contributed by atoms with Crippen molar-refractivity contribution < 1.29 is 0 Å². The van der Waals surface area contributed by atoms with Crippen molar-refractivity contribution in [2.45, 2.75) is 39.0 Å². The first-order valence-electron chi connectivity index (χ1n) is 7.91. The molecule has 106 valence electrons. The van der Waals surface area contributed by atoms with Gasteiger partial charge in [0.1, 0.15) is 0 Å². The normalized spacial score (nSPS) is 16.5. The molecule has 2 heteroatoms. The van der Waals surface area contributed by atoms with Crippen LogP contribution in [0.25, 0.3) is 0 Å². The molecule has 0 spiro atoms. The summed E-state index contributed by atoms with van der Waals surface area (Å²) in [6.45, 7) is 7.12. The summed E-state index contributed by atoms with van der Waals surface area (Å²) in [7, 11) is 0. The van der Waals surface area contributed by atoms with Crippen molar-refractivity contribution >= 4 is 5.69 Å². The van der Waals surface area contributed by atoms with Crippen molar-refractivity contribution in [3.05, 3.63) is 30.3 Å². The molecular formula is C17H28N2. The van der Waals surface area contributed by atoms with Crippen LogP contribution in [0.4, 0.5) is 5.69 Å². The third-order valence-electron chi connectivity index (χ3n) is 4.17. The maximum Gasteiger partial charge on any atom is 0.0366 e. The molecule has 0 aromatic heterocycles. The average Bonchev–Trinajstić information content (AvgIpc) is 2.49. The lowest BCUT2D eigenvalue weighted by atomic mass is 9.94. The van der Waals surface area contributed by atoms with E-state index in [-0.39, 0.29) is 0 Å². The second-order valence-corrected chi connectivity index (χ2v) is 5.66. The minimum atomic E-state index is 0.925. The summed E-state index contributed by atoms with van der Waals surface area (Å²) in [5.41, 5.74) is 1.39. The number of nitrogens with zero attached hydrogens (tertiary/aromatic N) is 1. The van der Waals surface area contributed by atoms with Crippen LogP contribution >= 0.6 is 0 Å². The van der Waals surface area contributed by atoms with E-state index in [1.54, 1.807) is 0 Å². The van der Waals surface area contributed by atoms with E-state index >= 15 is 0 Å². The topological polar surface area (TPSA) is 15.3 Å². The minimum Gasteiger partial charge on any atom is -0.372 e. The fourth-order valence-electron chi connectivity index (χ4n) is 2.87. The molecule has 0 unspecified atom stereocenters. The lowest BCUT2D eigenvalue weighted by molar-refractivity contribution is 0.355. The molecule has 0 amide bonds. The van der Waals surface area contributed by atoms with Crippen LogP contribution in [0.3, 0.4) is 0 Å². The van der Waals surface area contributed by atoms with E-state index < -0.39 is 0 Å². The highest BCUT2D eigenvalue weighted by Crippen LogP contribution is 2.20. The van der Waals surface area contributed by atoms with Gasteiger partial charge in [0.15, 0.2) is 0 Å². The van der Waals surface area contributed by atoms with Crippen LogP contribution in [0.15, 0.2) is 30.3 Å². The summed E-state index contributed by atoms with van der Waals surface area (Å²) in [5.74, 6) is 0.925. The standard InChI is InChI=1S/C17H28N2/c1-2-3-14-19(17-7-5-4-6-8-17)15-11-16-9-12-18-13-10-16/h4-8,16,18H,2-3,9-15H2,1H3. The van der Waals surface area contributed by atoms with Crippen LogP contribution in [0.1, 0.15) is 39.0 Å². The minimum absolute atomic E-state index is 0.925. The first-order chi connectivity index (χ1) is 9.40. The lowest BCUT2D eigenvalue weighted by Crippen LogP contribution is -2.32. The molecule has 19 heavy (non-hydrogen) atoms. The molecule has 1 saturated heterocycles. The Kier molecular flexibility index (Phi) is 6.22. The second kappa shape index (κ2) is 8.21. The number of para-hydroxylation sites is 1. The van der Waals surface area contributed by atoms with Gasteiger partial charge in [-0.1, -0.05) is 31.5 Å². The summed E-state index contributed by atoms with van der Waals surface area (Å²) < 4.78 is 0. The Balaban J connectivity index is 1.86. The summed E-state index contributed by atoms with van der Waals surface area (Å²) >= 11 is 0.